The number of ether oxygens (including phenoxy) is 1. The molecule has 2 aromatic carbocycles. The first kappa shape index (κ1) is 20.7. The summed E-state index contributed by atoms with van der Waals surface area (Å²) < 4.78 is 5.84. The van der Waals surface area contributed by atoms with Crippen molar-refractivity contribution in [1.82, 2.24) is 10.2 Å². The van der Waals surface area contributed by atoms with Crippen molar-refractivity contribution in [3.05, 3.63) is 65.2 Å². The molecule has 1 fully saturated rings. The van der Waals surface area contributed by atoms with E-state index in [2.05, 4.69) is 24.4 Å². The first-order chi connectivity index (χ1) is 13.9. The largest absolute Gasteiger partial charge is 0.489 e. The van der Waals surface area contributed by atoms with E-state index in [9.17, 15) is 9.59 Å². The molecule has 0 spiro atoms. The number of aliphatic carboxylic acids is 1. The number of aryl methyl sites for hydroxylation is 1. The Kier molecular flexibility index (Phi) is 6.75. The fourth-order valence-corrected chi connectivity index (χ4v) is 3.51. The van der Waals surface area contributed by atoms with Gasteiger partial charge in [0.15, 0.2) is 0 Å². The summed E-state index contributed by atoms with van der Waals surface area (Å²) in [6, 6.07) is 15.6. The van der Waals surface area contributed by atoms with E-state index < -0.39 is 5.97 Å². The number of carbonyl (C=O) groups excluding carboxylic acids is 1. The standard InChI is InChI=1S/C23H28N2O4/c1-16-4-3-5-18(14-16)15-29-21-8-6-19(7-9-21)17(2)24-23(28)25-12-10-20(11-13-25)22(26)27/h3-9,14,17,20H,10-13,15H2,1-2H3,(H,24,28)(H,26,27). The van der Waals surface area contributed by atoms with Gasteiger partial charge in [0.05, 0.1) is 12.0 Å². The molecule has 6 nitrogen and oxygen atoms in total. The van der Waals surface area contributed by atoms with Crippen LogP contribution in [0.4, 0.5) is 4.79 Å². The number of piperidine rings is 1. The molecule has 1 atom stereocenters. The maximum Gasteiger partial charge on any atom is 0.317 e. The van der Waals surface area contributed by atoms with Gasteiger partial charge in [0.1, 0.15) is 12.4 Å². The number of urea groups is 1. The van der Waals surface area contributed by atoms with Crippen LogP contribution in [0, 0.1) is 12.8 Å². The predicted molar refractivity (Wildman–Crippen MR) is 111 cm³/mol. The number of carboxylic acids is 1. The summed E-state index contributed by atoms with van der Waals surface area (Å²) in [5.41, 5.74) is 3.32. The van der Waals surface area contributed by atoms with Crippen molar-refractivity contribution in [2.24, 2.45) is 5.92 Å². The van der Waals surface area contributed by atoms with Crippen LogP contribution in [0.5, 0.6) is 5.75 Å². The predicted octanol–water partition coefficient (Wildman–Crippen LogP) is 4.14. The molecule has 29 heavy (non-hydrogen) atoms. The van der Waals surface area contributed by atoms with Gasteiger partial charge in [0.25, 0.3) is 0 Å². The summed E-state index contributed by atoms with van der Waals surface area (Å²) >= 11 is 0. The van der Waals surface area contributed by atoms with Gasteiger partial charge in [-0.2, -0.15) is 0 Å². The highest BCUT2D eigenvalue weighted by atomic mass is 16.5. The van der Waals surface area contributed by atoms with Crippen molar-refractivity contribution in [3.8, 4) is 5.75 Å². The summed E-state index contributed by atoms with van der Waals surface area (Å²) in [4.78, 5) is 25.2. The highest BCUT2D eigenvalue weighted by molar-refractivity contribution is 5.75. The first-order valence-corrected chi connectivity index (χ1v) is 9.99. The van der Waals surface area contributed by atoms with Crippen LogP contribution in [-0.4, -0.2) is 35.1 Å². The van der Waals surface area contributed by atoms with Crippen molar-refractivity contribution >= 4 is 12.0 Å². The molecule has 154 valence electrons. The first-order valence-electron chi connectivity index (χ1n) is 9.99. The molecule has 2 amide bonds. The molecule has 2 N–H and O–H groups in total. The minimum atomic E-state index is -0.775. The minimum Gasteiger partial charge on any atom is -0.489 e. The van der Waals surface area contributed by atoms with Crippen LogP contribution in [-0.2, 0) is 11.4 Å². The van der Waals surface area contributed by atoms with E-state index >= 15 is 0 Å². The van der Waals surface area contributed by atoms with Crippen molar-refractivity contribution < 1.29 is 19.4 Å². The maximum atomic E-state index is 12.5. The Morgan fingerprint density at radius 2 is 1.86 bits per heavy atom. The Balaban J connectivity index is 1.49. The molecule has 1 aliphatic heterocycles. The van der Waals surface area contributed by atoms with Crippen molar-refractivity contribution in [1.29, 1.82) is 0 Å². The summed E-state index contributed by atoms with van der Waals surface area (Å²) in [6.07, 6.45) is 1.01. The van der Waals surface area contributed by atoms with E-state index in [0.717, 1.165) is 16.9 Å². The molecule has 1 unspecified atom stereocenters. The summed E-state index contributed by atoms with van der Waals surface area (Å²) in [5.74, 6) is -0.337. The van der Waals surface area contributed by atoms with Gasteiger partial charge in [-0.05, 0) is 49.9 Å². The number of nitrogens with zero attached hydrogens (tertiary/aromatic N) is 1. The number of carboxylic acid groups (broad SMARTS) is 1. The van der Waals surface area contributed by atoms with Crippen molar-refractivity contribution in [2.45, 2.75) is 39.3 Å². The maximum absolute atomic E-state index is 12.5. The molecule has 3 rings (SSSR count). The smallest absolute Gasteiger partial charge is 0.317 e. The SMILES string of the molecule is Cc1cccc(COc2ccc(C(C)NC(=O)N3CCC(C(=O)O)CC3)cc2)c1. The lowest BCUT2D eigenvalue weighted by Crippen LogP contribution is -2.46. The van der Waals surface area contributed by atoms with Gasteiger partial charge in [0, 0.05) is 13.1 Å². The van der Waals surface area contributed by atoms with E-state index in [1.165, 1.54) is 5.56 Å². The Labute approximate surface area is 171 Å². The average molecular weight is 396 g/mol. The Hall–Kier alpha value is -3.02. The molecule has 0 radical (unpaired) electrons. The number of nitrogens with one attached hydrogen (secondary N) is 1. The van der Waals surface area contributed by atoms with E-state index in [0.29, 0.717) is 32.5 Å². The fraction of sp³-hybridized carbons (Fsp3) is 0.391. The second-order valence-electron chi connectivity index (χ2n) is 7.62. The van der Waals surface area contributed by atoms with E-state index in [1.807, 2.05) is 43.3 Å². The lowest BCUT2D eigenvalue weighted by atomic mass is 9.97. The van der Waals surface area contributed by atoms with Gasteiger partial charge in [0.2, 0.25) is 0 Å². The summed E-state index contributed by atoms with van der Waals surface area (Å²) in [6.45, 7) is 5.45. The third-order valence-electron chi connectivity index (χ3n) is 5.34. The topological polar surface area (TPSA) is 78.9 Å². The third-order valence-corrected chi connectivity index (χ3v) is 5.34. The van der Waals surface area contributed by atoms with Gasteiger partial charge in [-0.3, -0.25) is 4.79 Å². The van der Waals surface area contributed by atoms with Gasteiger partial charge < -0.3 is 20.1 Å². The van der Waals surface area contributed by atoms with Crippen molar-refractivity contribution in [2.75, 3.05) is 13.1 Å². The van der Waals surface area contributed by atoms with Crippen LogP contribution < -0.4 is 10.1 Å². The van der Waals surface area contributed by atoms with Crippen LogP contribution in [0.2, 0.25) is 0 Å². The number of likely N-dealkylation sites (tertiary alicyclic amines) is 1. The molecular formula is C23H28N2O4. The number of benzene rings is 2. The van der Waals surface area contributed by atoms with Crippen LogP contribution in [0.25, 0.3) is 0 Å². The monoisotopic (exact) mass is 396 g/mol. The third kappa shape index (κ3) is 5.73. The molecule has 1 saturated heterocycles. The summed E-state index contributed by atoms with van der Waals surface area (Å²) in [7, 11) is 0. The van der Waals surface area contributed by atoms with Crippen LogP contribution in [0.15, 0.2) is 48.5 Å². The summed E-state index contributed by atoms with van der Waals surface area (Å²) in [5, 5.41) is 12.1. The number of amides is 2. The molecular weight excluding hydrogens is 368 g/mol. The quantitative estimate of drug-likeness (QED) is 0.769. The van der Waals surface area contributed by atoms with Crippen LogP contribution >= 0.6 is 0 Å². The lowest BCUT2D eigenvalue weighted by molar-refractivity contribution is -0.143. The van der Waals surface area contributed by atoms with E-state index in [4.69, 9.17) is 9.84 Å². The zero-order valence-corrected chi connectivity index (χ0v) is 16.9. The molecule has 1 aliphatic rings. The van der Waals surface area contributed by atoms with Gasteiger partial charge in [-0.1, -0.05) is 42.0 Å². The number of hydrogen-bond acceptors (Lipinski definition) is 3. The Morgan fingerprint density at radius 3 is 2.48 bits per heavy atom. The van der Waals surface area contributed by atoms with Gasteiger partial charge in [-0.25, -0.2) is 4.79 Å². The van der Waals surface area contributed by atoms with E-state index in [-0.39, 0.29) is 18.0 Å². The molecule has 0 aliphatic carbocycles. The Morgan fingerprint density at radius 1 is 1.17 bits per heavy atom. The highest BCUT2D eigenvalue weighted by Gasteiger charge is 2.27. The lowest BCUT2D eigenvalue weighted by Gasteiger charge is -2.31. The van der Waals surface area contributed by atoms with Crippen LogP contribution in [0.1, 0.15) is 42.5 Å². The van der Waals surface area contributed by atoms with Crippen LogP contribution in [0.3, 0.4) is 0 Å². The average Bonchev–Trinajstić information content (AvgIpc) is 2.72. The van der Waals surface area contributed by atoms with Gasteiger partial charge >= 0.3 is 12.0 Å². The molecule has 2 aromatic rings. The number of rotatable bonds is 6. The second kappa shape index (κ2) is 9.45. The normalized spacial score (nSPS) is 15.6. The highest BCUT2D eigenvalue weighted by Crippen LogP contribution is 2.21. The molecule has 1 heterocycles. The number of hydrogen-bond donors (Lipinski definition) is 2. The zero-order chi connectivity index (χ0) is 20.8. The molecule has 0 aromatic heterocycles. The second-order valence-corrected chi connectivity index (χ2v) is 7.62. The minimum absolute atomic E-state index is 0.148. The van der Waals surface area contributed by atoms with Crippen molar-refractivity contribution in [3.63, 3.8) is 0 Å². The fourth-order valence-electron chi connectivity index (χ4n) is 3.51. The van der Waals surface area contributed by atoms with E-state index in [1.54, 1.807) is 4.90 Å². The van der Waals surface area contributed by atoms with Gasteiger partial charge in [-0.15, -0.1) is 0 Å². The Bertz CT molecular complexity index is 842. The number of carbonyl (C=O) groups is 2. The molecule has 6 heteroatoms. The molecule has 0 bridgehead atoms. The zero-order valence-electron chi connectivity index (χ0n) is 16.9. The molecule has 0 saturated carbocycles.